The van der Waals surface area contributed by atoms with Gasteiger partial charge in [0.25, 0.3) is 0 Å². The standard InChI is InChI=1S/C26H31FN2OS/c27-19-10-8-17(9-11-19)24(30)7-4-13-29-14-12-18-15-23-25(26(31)21(18)16-29)20-5-2-1-3-6-22(20)28-23/h8-11,18,21,28H,1-7,12-16H2/t18-,21+/m0/s1. The number of H-pyrrole nitrogens is 1. The number of likely N-dealkylation sites (tertiary alicyclic amines) is 1. The fraction of sp³-hybridized carbons (Fsp3) is 0.538. The number of thiocarbonyl (C=S) groups is 1. The van der Waals surface area contributed by atoms with Gasteiger partial charge in [0.15, 0.2) is 5.78 Å². The maximum atomic E-state index is 13.1. The number of rotatable bonds is 5. The Morgan fingerprint density at radius 3 is 2.77 bits per heavy atom. The predicted octanol–water partition coefficient (Wildman–Crippen LogP) is 5.30. The summed E-state index contributed by atoms with van der Waals surface area (Å²) in [5, 5.41) is 0. The molecule has 5 rings (SSSR count). The van der Waals surface area contributed by atoms with Crippen molar-refractivity contribution in [3.63, 3.8) is 0 Å². The number of aryl methyl sites for hydroxylation is 1. The van der Waals surface area contributed by atoms with Crippen molar-refractivity contribution in [1.82, 2.24) is 9.88 Å². The van der Waals surface area contributed by atoms with Crippen LogP contribution in [0.25, 0.3) is 0 Å². The molecule has 0 radical (unpaired) electrons. The average Bonchev–Trinajstić information content (AvgIpc) is 2.95. The molecule has 1 aromatic carbocycles. The molecule has 1 fully saturated rings. The molecule has 1 aliphatic heterocycles. The van der Waals surface area contributed by atoms with Crippen LogP contribution in [0.1, 0.15) is 71.4 Å². The van der Waals surface area contributed by atoms with E-state index in [9.17, 15) is 9.18 Å². The third kappa shape index (κ3) is 4.27. The number of piperidine rings is 1. The van der Waals surface area contributed by atoms with E-state index in [4.69, 9.17) is 12.2 Å². The minimum Gasteiger partial charge on any atom is -0.361 e. The van der Waals surface area contributed by atoms with Gasteiger partial charge in [-0.15, -0.1) is 0 Å². The highest BCUT2D eigenvalue weighted by Gasteiger charge is 2.39. The van der Waals surface area contributed by atoms with Crippen LogP contribution in [0.5, 0.6) is 0 Å². The van der Waals surface area contributed by atoms with Crippen LogP contribution in [0.15, 0.2) is 24.3 Å². The first-order valence-corrected chi connectivity index (χ1v) is 12.3. The van der Waals surface area contributed by atoms with E-state index in [1.54, 1.807) is 12.1 Å². The zero-order valence-corrected chi connectivity index (χ0v) is 18.9. The Morgan fingerprint density at radius 1 is 1.13 bits per heavy atom. The summed E-state index contributed by atoms with van der Waals surface area (Å²) in [5.41, 5.74) is 6.41. The van der Waals surface area contributed by atoms with Crippen LogP contribution < -0.4 is 0 Å². The summed E-state index contributed by atoms with van der Waals surface area (Å²) in [6, 6.07) is 5.89. The van der Waals surface area contributed by atoms with E-state index in [2.05, 4.69) is 9.88 Å². The summed E-state index contributed by atoms with van der Waals surface area (Å²) >= 11 is 6.09. The first-order valence-electron chi connectivity index (χ1n) is 11.9. The summed E-state index contributed by atoms with van der Waals surface area (Å²) in [6.45, 7) is 3.04. The number of hydrogen-bond donors (Lipinski definition) is 1. The van der Waals surface area contributed by atoms with Crippen molar-refractivity contribution in [2.75, 3.05) is 19.6 Å². The molecule has 0 spiro atoms. The van der Waals surface area contributed by atoms with Gasteiger partial charge in [0.1, 0.15) is 5.82 Å². The van der Waals surface area contributed by atoms with E-state index in [1.165, 1.54) is 78.0 Å². The molecule has 1 aromatic heterocycles. The molecule has 2 aliphatic carbocycles. The van der Waals surface area contributed by atoms with Crippen molar-refractivity contribution in [1.29, 1.82) is 0 Å². The number of aromatic nitrogens is 1. The van der Waals surface area contributed by atoms with Gasteiger partial charge < -0.3 is 9.88 Å². The maximum Gasteiger partial charge on any atom is 0.162 e. The van der Waals surface area contributed by atoms with E-state index in [0.29, 0.717) is 23.8 Å². The molecule has 31 heavy (non-hydrogen) atoms. The lowest BCUT2D eigenvalue weighted by atomic mass is 9.73. The number of fused-ring (bicyclic) bond motifs is 4. The molecule has 5 heteroatoms. The second-order valence-electron chi connectivity index (χ2n) is 9.55. The number of nitrogens with one attached hydrogen (secondary N) is 1. The molecular weight excluding hydrogens is 407 g/mol. The van der Waals surface area contributed by atoms with Gasteiger partial charge in [0.2, 0.25) is 0 Å². The third-order valence-corrected chi connectivity index (χ3v) is 8.06. The van der Waals surface area contributed by atoms with E-state index in [-0.39, 0.29) is 11.6 Å². The largest absolute Gasteiger partial charge is 0.361 e. The molecule has 3 nitrogen and oxygen atoms in total. The fourth-order valence-electron chi connectivity index (χ4n) is 5.88. The lowest BCUT2D eigenvalue weighted by molar-refractivity contribution is 0.0965. The molecule has 0 amide bonds. The van der Waals surface area contributed by atoms with E-state index < -0.39 is 0 Å². The van der Waals surface area contributed by atoms with E-state index >= 15 is 0 Å². The monoisotopic (exact) mass is 438 g/mol. The smallest absolute Gasteiger partial charge is 0.162 e. The van der Waals surface area contributed by atoms with Crippen LogP contribution >= 0.6 is 12.2 Å². The Bertz CT molecular complexity index is 980. The number of Topliss-reactive ketones (excluding diaryl/α,β-unsaturated/α-hetero) is 1. The lowest BCUT2D eigenvalue weighted by Crippen LogP contribution is -2.46. The topological polar surface area (TPSA) is 36.1 Å². The number of carbonyl (C=O) groups is 1. The van der Waals surface area contributed by atoms with Gasteiger partial charge in [-0.05, 0) is 93.8 Å². The number of benzene rings is 1. The summed E-state index contributed by atoms with van der Waals surface area (Å²) < 4.78 is 13.1. The number of halogens is 1. The van der Waals surface area contributed by atoms with E-state index in [1.807, 2.05) is 0 Å². The normalized spacial score (nSPS) is 23.6. The SMILES string of the molecule is O=C(CCCN1CC[C@H]2Cc3[nH]c4c(c3C(=S)[C@@H]2C1)CCCCC4)c1ccc(F)cc1. The molecule has 2 atom stereocenters. The van der Waals surface area contributed by atoms with Crippen LogP contribution in [-0.2, 0) is 19.3 Å². The molecule has 0 bridgehead atoms. The third-order valence-electron chi connectivity index (χ3n) is 7.56. The van der Waals surface area contributed by atoms with E-state index in [0.717, 1.165) is 32.5 Å². The average molecular weight is 439 g/mol. The van der Waals surface area contributed by atoms with Crippen LogP contribution in [0.3, 0.4) is 0 Å². The molecule has 2 aromatic rings. The summed E-state index contributed by atoms with van der Waals surface area (Å²) in [4.78, 5) is 19.9. The van der Waals surface area contributed by atoms with Gasteiger partial charge in [-0.3, -0.25) is 4.79 Å². The van der Waals surface area contributed by atoms with Gasteiger partial charge in [0.05, 0.1) is 0 Å². The van der Waals surface area contributed by atoms with Crippen molar-refractivity contribution in [2.45, 2.75) is 57.8 Å². The van der Waals surface area contributed by atoms with Gasteiger partial charge in [-0.25, -0.2) is 4.39 Å². The molecule has 2 heterocycles. The Morgan fingerprint density at radius 2 is 1.94 bits per heavy atom. The maximum absolute atomic E-state index is 13.1. The van der Waals surface area contributed by atoms with Crippen molar-refractivity contribution in [3.8, 4) is 0 Å². The Labute approximate surface area is 189 Å². The van der Waals surface area contributed by atoms with Crippen LogP contribution in [0.2, 0.25) is 0 Å². The van der Waals surface area contributed by atoms with Crippen LogP contribution in [0.4, 0.5) is 4.39 Å². The zero-order valence-electron chi connectivity index (χ0n) is 18.1. The van der Waals surface area contributed by atoms with Crippen molar-refractivity contribution in [2.24, 2.45) is 11.8 Å². The molecule has 0 saturated carbocycles. The number of aromatic amines is 1. The van der Waals surface area contributed by atoms with Crippen LogP contribution in [-0.4, -0.2) is 40.2 Å². The Hall–Kier alpha value is -1.85. The van der Waals surface area contributed by atoms with Gasteiger partial charge in [-0.1, -0.05) is 18.6 Å². The summed E-state index contributed by atoms with van der Waals surface area (Å²) in [6.07, 6.45) is 9.91. The van der Waals surface area contributed by atoms with Crippen molar-refractivity contribution < 1.29 is 9.18 Å². The molecule has 164 valence electrons. The van der Waals surface area contributed by atoms with Crippen molar-refractivity contribution >= 4 is 22.9 Å². The van der Waals surface area contributed by atoms with Gasteiger partial charge in [-0.2, -0.15) is 0 Å². The van der Waals surface area contributed by atoms with Gasteiger partial charge in [0, 0.05) is 46.3 Å². The molecule has 3 aliphatic rings. The summed E-state index contributed by atoms with van der Waals surface area (Å²) in [5.74, 6) is 0.916. The second kappa shape index (κ2) is 8.95. The fourth-order valence-corrected chi connectivity index (χ4v) is 6.39. The number of hydrogen-bond acceptors (Lipinski definition) is 3. The highest BCUT2D eigenvalue weighted by Crippen LogP contribution is 2.40. The zero-order chi connectivity index (χ0) is 21.4. The second-order valence-corrected chi connectivity index (χ2v) is 9.99. The quantitative estimate of drug-likeness (QED) is 0.391. The number of ketones is 1. The Kier molecular flexibility index (Phi) is 6.07. The first-order chi connectivity index (χ1) is 15.1. The first kappa shape index (κ1) is 21.0. The minimum absolute atomic E-state index is 0.0998. The predicted molar refractivity (Wildman–Crippen MR) is 125 cm³/mol. The number of carbonyl (C=O) groups excluding carboxylic acids is 1. The lowest BCUT2D eigenvalue weighted by Gasteiger charge is -2.41. The molecular formula is C26H31FN2OS. The highest BCUT2D eigenvalue weighted by atomic mass is 32.1. The Balaban J connectivity index is 1.21. The molecule has 1 saturated heterocycles. The van der Waals surface area contributed by atoms with Crippen LogP contribution in [0, 0.1) is 17.7 Å². The van der Waals surface area contributed by atoms with Crippen molar-refractivity contribution in [3.05, 3.63) is 58.2 Å². The molecule has 1 N–H and O–H groups in total. The summed E-state index contributed by atoms with van der Waals surface area (Å²) in [7, 11) is 0. The minimum atomic E-state index is -0.301. The number of nitrogens with zero attached hydrogens (tertiary/aromatic N) is 1. The molecule has 0 unspecified atom stereocenters. The highest BCUT2D eigenvalue weighted by molar-refractivity contribution is 7.80. The van der Waals surface area contributed by atoms with Gasteiger partial charge >= 0.3 is 0 Å².